The van der Waals surface area contributed by atoms with E-state index in [-0.39, 0.29) is 5.41 Å². The molecule has 2 heteroatoms. The van der Waals surface area contributed by atoms with Crippen LogP contribution in [0.5, 0.6) is 0 Å². The average molecular weight is 829 g/mol. The van der Waals surface area contributed by atoms with E-state index < -0.39 is 0 Å². The monoisotopic (exact) mass is 828 g/mol. The highest BCUT2D eigenvalue weighted by molar-refractivity contribution is 6.15. The van der Waals surface area contributed by atoms with Crippen LogP contribution in [0.1, 0.15) is 76.6 Å². The van der Waals surface area contributed by atoms with Crippen LogP contribution in [0.3, 0.4) is 0 Å². The predicted octanol–water partition coefficient (Wildman–Crippen LogP) is 17.8. The number of aromatic nitrogens is 1. The average Bonchev–Trinajstić information content (AvgIpc) is 4.01. The lowest BCUT2D eigenvalue weighted by molar-refractivity contribution is 0.660. The van der Waals surface area contributed by atoms with E-state index in [1.165, 1.54) is 106 Å². The first-order valence-corrected chi connectivity index (χ1v) is 23.4. The Morgan fingerprint density at radius 2 is 1.00 bits per heavy atom. The number of anilines is 3. The maximum atomic E-state index is 3.90. The minimum atomic E-state index is -0.209. The highest BCUT2D eigenvalue weighted by Gasteiger charge is 2.37. The van der Waals surface area contributed by atoms with Gasteiger partial charge in [-0.1, -0.05) is 193 Å². The van der Waals surface area contributed by atoms with Gasteiger partial charge in [0.2, 0.25) is 0 Å². The lowest BCUT2D eigenvalue weighted by atomic mass is 9.81. The van der Waals surface area contributed by atoms with Gasteiger partial charge in [0.15, 0.2) is 0 Å². The number of H-pyrrole nitrogens is 1. The molecule has 3 aliphatic carbocycles. The Hall–Kier alpha value is -7.16. The third-order valence-corrected chi connectivity index (χ3v) is 13.5. The van der Waals surface area contributed by atoms with Crippen LogP contribution in [0.4, 0.5) is 17.1 Å². The molecular weight excluding hydrogens is 773 g/mol. The summed E-state index contributed by atoms with van der Waals surface area (Å²) in [6.45, 7) is 12.8. The smallest absolute Gasteiger partial charge is 0.0544 e. The fourth-order valence-corrected chi connectivity index (χ4v) is 10.5. The van der Waals surface area contributed by atoms with Crippen molar-refractivity contribution in [3.05, 3.63) is 216 Å². The summed E-state index contributed by atoms with van der Waals surface area (Å²) >= 11 is 0. The van der Waals surface area contributed by atoms with Gasteiger partial charge in [0.05, 0.1) is 11.0 Å². The second kappa shape index (κ2) is 16.8. The molecule has 0 saturated carbocycles. The van der Waals surface area contributed by atoms with Gasteiger partial charge in [0.1, 0.15) is 0 Å². The second-order valence-corrected chi connectivity index (χ2v) is 17.3. The van der Waals surface area contributed by atoms with Crippen molar-refractivity contribution in [1.29, 1.82) is 0 Å². The Bertz CT molecular complexity index is 3230. The molecule has 0 bridgehead atoms. The highest BCUT2D eigenvalue weighted by Crippen LogP contribution is 2.52. The van der Waals surface area contributed by atoms with Crippen molar-refractivity contribution < 1.29 is 0 Å². The van der Waals surface area contributed by atoms with Crippen LogP contribution in [-0.2, 0) is 11.8 Å². The number of nitrogens with zero attached hydrogens (tertiary/aromatic N) is 1. The molecule has 2 nitrogen and oxygen atoms in total. The van der Waals surface area contributed by atoms with Crippen molar-refractivity contribution in [2.75, 3.05) is 4.90 Å². The molecule has 1 heterocycles. The first-order chi connectivity index (χ1) is 31.5. The molecule has 0 radical (unpaired) electrons. The zero-order valence-electron chi connectivity index (χ0n) is 38.0. The predicted molar refractivity (Wildman–Crippen MR) is 276 cm³/mol. The molecule has 1 N–H and O–H groups in total. The molecule has 0 saturated heterocycles. The van der Waals surface area contributed by atoms with E-state index >= 15 is 0 Å². The molecule has 0 fully saturated rings. The summed E-state index contributed by atoms with van der Waals surface area (Å²) in [5.41, 5.74) is 24.2. The van der Waals surface area contributed by atoms with Gasteiger partial charge in [0.25, 0.3) is 0 Å². The van der Waals surface area contributed by atoms with E-state index in [9.17, 15) is 0 Å². The number of benzene rings is 8. The summed E-state index contributed by atoms with van der Waals surface area (Å²) in [6.07, 6.45) is 8.07. The van der Waals surface area contributed by atoms with Crippen LogP contribution in [-0.4, -0.2) is 4.98 Å². The van der Waals surface area contributed by atoms with Gasteiger partial charge in [-0.15, -0.1) is 0 Å². The third kappa shape index (κ3) is 6.81. The normalized spacial score (nSPS) is 13.9. The minimum absolute atomic E-state index is 0.209. The maximum absolute atomic E-state index is 3.90. The Morgan fingerprint density at radius 3 is 1.69 bits per heavy atom. The number of aromatic amines is 1. The fraction of sp³-hybridized carbons (Fsp3) is 0.161. The van der Waals surface area contributed by atoms with E-state index in [1.807, 2.05) is 27.7 Å². The first kappa shape index (κ1) is 40.9. The number of rotatable bonds is 6. The Balaban J connectivity index is 0.00000118. The zero-order valence-corrected chi connectivity index (χ0v) is 38.0. The molecule has 0 atom stereocenters. The Labute approximate surface area is 379 Å². The van der Waals surface area contributed by atoms with Gasteiger partial charge in [-0.05, 0) is 123 Å². The number of para-hydroxylation sites is 2. The van der Waals surface area contributed by atoms with E-state index in [0.29, 0.717) is 0 Å². The van der Waals surface area contributed by atoms with Crippen molar-refractivity contribution in [2.24, 2.45) is 0 Å². The number of allylic oxidation sites excluding steroid dienone is 4. The van der Waals surface area contributed by atoms with Crippen LogP contribution in [0, 0.1) is 0 Å². The van der Waals surface area contributed by atoms with Crippen LogP contribution in [0.25, 0.3) is 71.9 Å². The third-order valence-electron chi connectivity index (χ3n) is 13.5. The number of fused-ring (bicyclic) bond motifs is 8. The molecule has 1 aromatic heterocycles. The summed E-state index contributed by atoms with van der Waals surface area (Å²) in [4.78, 5) is 6.36. The molecule has 9 aromatic rings. The summed E-state index contributed by atoms with van der Waals surface area (Å²) in [5.74, 6) is 0. The van der Waals surface area contributed by atoms with Crippen LogP contribution in [0.2, 0.25) is 0 Å². The molecule has 8 aromatic carbocycles. The van der Waals surface area contributed by atoms with Crippen molar-refractivity contribution in [1.82, 2.24) is 4.98 Å². The van der Waals surface area contributed by atoms with Crippen molar-refractivity contribution in [2.45, 2.75) is 66.2 Å². The van der Waals surface area contributed by atoms with Gasteiger partial charge in [-0.2, -0.15) is 0 Å². The number of hydrogen-bond donors (Lipinski definition) is 1. The Morgan fingerprint density at radius 1 is 0.453 bits per heavy atom. The van der Waals surface area contributed by atoms with Crippen LogP contribution in [0.15, 0.2) is 194 Å². The molecular formula is C62H56N2. The van der Waals surface area contributed by atoms with Gasteiger partial charge < -0.3 is 9.88 Å². The van der Waals surface area contributed by atoms with Crippen LogP contribution >= 0.6 is 0 Å². The van der Waals surface area contributed by atoms with Crippen molar-refractivity contribution in [3.8, 4) is 44.5 Å². The number of nitrogens with one attached hydrogen (secondary N) is 1. The van der Waals surface area contributed by atoms with E-state index in [0.717, 1.165) is 24.9 Å². The lowest BCUT2D eigenvalue weighted by Crippen LogP contribution is -2.17. The molecule has 0 aliphatic heterocycles. The summed E-state index contributed by atoms with van der Waals surface area (Å²) < 4.78 is 0. The quantitative estimate of drug-likeness (QED) is 0.177. The van der Waals surface area contributed by atoms with Gasteiger partial charge in [0, 0.05) is 44.4 Å². The molecule has 12 rings (SSSR count). The van der Waals surface area contributed by atoms with Crippen molar-refractivity contribution >= 4 is 44.4 Å². The molecule has 0 amide bonds. The molecule has 314 valence electrons. The first-order valence-electron chi connectivity index (χ1n) is 23.4. The van der Waals surface area contributed by atoms with E-state index in [2.05, 4.69) is 212 Å². The summed E-state index contributed by atoms with van der Waals surface area (Å²) in [6, 6.07) is 65.3. The number of hydrogen-bond acceptors (Lipinski definition) is 1. The molecule has 0 unspecified atom stereocenters. The summed E-state index contributed by atoms with van der Waals surface area (Å²) in [7, 11) is 0. The van der Waals surface area contributed by atoms with E-state index in [4.69, 9.17) is 0 Å². The van der Waals surface area contributed by atoms with Crippen LogP contribution < -0.4 is 4.90 Å². The Kier molecular flexibility index (Phi) is 10.8. The minimum Gasteiger partial charge on any atom is -0.353 e. The second-order valence-electron chi connectivity index (χ2n) is 17.3. The largest absolute Gasteiger partial charge is 0.353 e. The van der Waals surface area contributed by atoms with Gasteiger partial charge in [-0.25, -0.2) is 0 Å². The van der Waals surface area contributed by atoms with Gasteiger partial charge >= 0.3 is 0 Å². The maximum Gasteiger partial charge on any atom is 0.0544 e. The summed E-state index contributed by atoms with van der Waals surface area (Å²) in [5, 5.41) is 2.51. The standard InChI is InChI=1S/C58H44N2.2C2H6/c1-58(2)54-34-42(48-20-12-22-52-51-21-11-19-47(56(51)59-57(48)52)39-15-7-4-8-16-39)26-31-49(54)50-32-30-45(36-55(50)58)60(43-27-23-38(24-28-43)37-13-5-3-6-14-37)44-29-25-41-33-40-17-9-10-18-46(40)53(41)35-44;2*1-2/h3-8,10-16,18-32,34-36,59H,9,17,33H2,1-2H3;2*1-2H3. The van der Waals surface area contributed by atoms with Crippen molar-refractivity contribution in [3.63, 3.8) is 0 Å². The zero-order chi connectivity index (χ0) is 44.0. The van der Waals surface area contributed by atoms with E-state index in [1.54, 1.807) is 5.57 Å². The van der Waals surface area contributed by atoms with Gasteiger partial charge in [-0.3, -0.25) is 0 Å². The molecule has 3 aliphatic rings. The lowest BCUT2D eigenvalue weighted by Gasteiger charge is -2.29. The SMILES string of the molecule is CC.CC.CC1(C)c2cc(-c3cccc4c3[nH]c3c(-c5ccccc5)cccc34)ccc2-c2ccc(N(c3ccc(-c4ccccc4)cc3)c3ccc4c(c3)C3=C(CCC=C3)C4)cc21. The molecule has 64 heavy (non-hydrogen) atoms. The topological polar surface area (TPSA) is 19.0 Å². The fourth-order valence-electron chi connectivity index (χ4n) is 10.5. The molecule has 0 spiro atoms. The highest BCUT2D eigenvalue weighted by atomic mass is 15.1.